The molecule has 0 fully saturated rings. The Hall–Kier alpha value is -8.14. The minimum Gasteiger partial charge on any atom is -0.456 e. The van der Waals surface area contributed by atoms with Crippen molar-refractivity contribution in [2.24, 2.45) is 0 Å². The first-order chi connectivity index (χ1) is 30.7. The first-order valence-corrected chi connectivity index (χ1v) is 21.1. The second-order valence-corrected chi connectivity index (χ2v) is 16.0. The van der Waals surface area contributed by atoms with Crippen molar-refractivity contribution in [2.75, 3.05) is 0 Å². The van der Waals surface area contributed by atoms with Crippen LogP contribution in [0.5, 0.6) is 0 Å². The van der Waals surface area contributed by atoms with Gasteiger partial charge in [-0.15, -0.1) is 0 Å². The molecule has 1 aliphatic rings. The maximum atomic E-state index is 6.32. The van der Waals surface area contributed by atoms with Crippen LogP contribution < -0.4 is 0 Å². The Balaban J connectivity index is 0.986. The van der Waals surface area contributed by atoms with Gasteiger partial charge in [0.15, 0.2) is 5.82 Å². The lowest BCUT2D eigenvalue weighted by Gasteiger charge is -2.34. The average Bonchev–Trinajstić information content (AvgIpc) is 3.89. The minimum absolute atomic E-state index is 0.456. The fraction of sp³-hybridized carbons (Fsp3) is 0.0169. The molecule has 2 heterocycles. The van der Waals surface area contributed by atoms with Crippen LogP contribution in [0.1, 0.15) is 22.3 Å². The molecule has 0 unspecified atom stereocenters. The molecule has 0 spiro atoms. The van der Waals surface area contributed by atoms with Crippen molar-refractivity contribution >= 4 is 21.9 Å². The molecule has 3 heteroatoms. The highest BCUT2D eigenvalue weighted by Gasteiger charge is 2.46. The SMILES string of the molecule is c1ccc(-c2nc(-c3ccc(-c4ccc5c(c4)C(c4ccccc4)(c4ccccc4)c4ccccc4-5)cc3)cc(-c3ccccc3-c3cccc4oc5ccccc5c34)n2)cc1. The topological polar surface area (TPSA) is 38.9 Å². The standard InChI is InChI=1S/C59H38N2O/c1-4-17-41(18-5-1)58-60-53(38-54(61-58)48-25-11-10-23-45(48)49-27-16-30-56-57(49)50-26-13-15-29-55(50)62-56)40-33-31-39(32-34-40)42-35-36-47-46-24-12-14-28-51(46)59(52(47)37-42,43-19-6-2-7-20-43)44-21-8-3-9-22-44/h1-38H. The van der Waals surface area contributed by atoms with Gasteiger partial charge in [0, 0.05) is 27.5 Å². The Morgan fingerprint density at radius 2 is 0.871 bits per heavy atom. The van der Waals surface area contributed by atoms with Gasteiger partial charge in [-0.05, 0) is 79.9 Å². The molecule has 290 valence electrons. The maximum Gasteiger partial charge on any atom is 0.160 e. The van der Waals surface area contributed by atoms with Gasteiger partial charge in [0.1, 0.15) is 11.2 Å². The Bertz CT molecular complexity index is 3400. The van der Waals surface area contributed by atoms with E-state index in [1.165, 1.54) is 38.9 Å². The van der Waals surface area contributed by atoms with E-state index in [0.29, 0.717) is 5.82 Å². The van der Waals surface area contributed by atoms with Crippen LogP contribution in [-0.4, -0.2) is 9.97 Å². The van der Waals surface area contributed by atoms with Crippen molar-refractivity contribution < 1.29 is 4.42 Å². The fourth-order valence-electron chi connectivity index (χ4n) is 9.85. The quantitative estimate of drug-likeness (QED) is 0.161. The zero-order chi connectivity index (χ0) is 41.0. The largest absolute Gasteiger partial charge is 0.456 e. The van der Waals surface area contributed by atoms with Crippen LogP contribution in [0.2, 0.25) is 0 Å². The highest BCUT2D eigenvalue weighted by atomic mass is 16.3. The molecule has 0 saturated heterocycles. The van der Waals surface area contributed by atoms with Crippen molar-refractivity contribution in [1.29, 1.82) is 0 Å². The first-order valence-electron chi connectivity index (χ1n) is 21.1. The molecule has 3 nitrogen and oxygen atoms in total. The third-order valence-corrected chi connectivity index (χ3v) is 12.6. The first kappa shape index (κ1) is 35.8. The molecule has 0 bridgehead atoms. The molecule has 0 amide bonds. The van der Waals surface area contributed by atoms with Crippen LogP contribution >= 0.6 is 0 Å². The van der Waals surface area contributed by atoms with Gasteiger partial charge in [-0.2, -0.15) is 0 Å². The summed E-state index contributed by atoms with van der Waals surface area (Å²) in [7, 11) is 0. The number of fused-ring (bicyclic) bond motifs is 6. The Labute approximate surface area is 360 Å². The lowest BCUT2D eigenvalue weighted by atomic mass is 9.67. The lowest BCUT2D eigenvalue weighted by Crippen LogP contribution is -2.28. The summed E-state index contributed by atoms with van der Waals surface area (Å²) in [6.45, 7) is 0. The summed E-state index contributed by atoms with van der Waals surface area (Å²) in [5.74, 6) is 0.681. The van der Waals surface area contributed by atoms with E-state index < -0.39 is 5.41 Å². The number of hydrogen-bond donors (Lipinski definition) is 0. The fourth-order valence-corrected chi connectivity index (χ4v) is 9.85. The molecule has 0 saturated carbocycles. The number of benzene rings is 9. The number of furan rings is 1. The van der Waals surface area contributed by atoms with Crippen molar-refractivity contribution in [3.05, 3.63) is 253 Å². The Morgan fingerprint density at radius 3 is 1.63 bits per heavy atom. The van der Waals surface area contributed by atoms with E-state index >= 15 is 0 Å². The third-order valence-electron chi connectivity index (χ3n) is 12.6. The predicted molar refractivity (Wildman–Crippen MR) is 254 cm³/mol. The molecule has 62 heavy (non-hydrogen) atoms. The molecule has 11 aromatic rings. The summed E-state index contributed by atoms with van der Waals surface area (Å²) >= 11 is 0. The molecule has 2 aromatic heterocycles. The monoisotopic (exact) mass is 790 g/mol. The predicted octanol–water partition coefficient (Wildman–Crippen LogP) is 15.1. The number of rotatable bonds is 7. The Morgan fingerprint density at radius 1 is 0.323 bits per heavy atom. The summed E-state index contributed by atoms with van der Waals surface area (Å²) in [5.41, 5.74) is 18.2. The van der Waals surface area contributed by atoms with E-state index in [4.69, 9.17) is 14.4 Å². The lowest BCUT2D eigenvalue weighted by molar-refractivity contribution is 0.669. The zero-order valence-electron chi connectivity index (χ0n) is 33.7. The smallest absolute Gasteiger partial charge is 0.160 e. The van der Waals surface area contributed by atoms with Crippen LogP contribution in [0, 0.1) is 0 Å². The molecule has 0 N–H and O–H groups in total. The molecular formula is C59H38N2O. The van der Waals surface area contributed by atoms with Gasteiger partial charge in [0.2, 0.25) is 0 Å². The number of hydrogen-bond acceptors (Lipinski definition) is 3. The van der Waals surface area contributed by atoms with Crippen LogP contribution in [0.15, 0.2) is 235 Å². The highest BCUT2D eigenvalue weighted by Crippen LogP contribution is 2.56. The summed E-state index contributed by atoms with van der Waals surface area (Å²) in [6, 6.07) is 82.2. The average molecular weight is 791 g/mol. The third kappa shape index (κ3) is 5.67. The van der Waals surface area contributed by atoms with E-state index in [-0.39, 0.29) is 0 Å². The van der Waals surface area contributed by atoms with Crippen molar-refractivity contribution in [2.45, 2.75) is 5.41 Å². The molecule has 12 rings (SSSR count). The summed E-state index contributed by atoms with van der Waals surface area (Å²) in [5, 5.41) is 2.20. The molecule has 1 aliphatic carbocycles. The van der Waals surface area contributed by atoms with E-state index in [2.05, 4.69) is 194 Å². The molecule has 0 atom stereocenters. The van der Waals surface area contributed by atoms with Gasteiger partial charge < -0.3 is 4.42 Å². The van der Waals surface area contributed by atoms with Crippen molar-refractivity contribution in [3.63, 3.8) is 0 Å². The summed E-state index contributed by atoms with van der Waals surface area (Å²) < 4.78 is 6.32. The van der Waals surface area contributed by atoms with Gasteiger partial charge in [-0.1, -0.05) is 206 Å². The van der Waals surface area contributed by atoms with Gasteiger partial charge in [-0.3, -0.25) is 0 Å². The van der Waals surface area contributed by atoms with Crippen molar-refractivity contribution in [1.82, 2.24) is 9.97 Å². The van der Waals surface area contributed by atoms with Gasteiger partial charge in [-0.25, -0.2) is 9.97 Å². The van der Waals surface area contributed by atoms with E-state index in [1.54, 1.807) is 0 Å². The highest BCUT2D eigenvalue weighted by molar-refractivity contribution is 6.13. The normalized spacial score (nSPS) is 12.6. The molecular weight excluding hydrogens is 753 g/mol. The van der Waals surface area contributed by atoms with Crippen LogP contribution in [0.25, 0.3) is 89.2 Å². The molecule has 0 aliphatic heterocycles. The van der Waals surface area contributed by atoms with Gasteiger partial charge in [0.25, 0.3) is 0 Å². The molecule has 0 radical (unpaired) electrons. The van der Waals surface area contributed by atoms with E-state index in [9.17, 15) is 0 Å². The zero-order valence-corrected chi connectivity index (χ0v) is 33.7. The molecule has 9 aromatic carbocycles. The van der Waals surface area contributed by atoms with Crippen LogP contribution in [0.3, 0.4) is 0 Å². The van der Waals surface area contributed by atoms with Crippen LogP contribution in [0.4, 0.5) is 0 Å². The number of aromatic nitrogens is 2. The van der Waals surface area contributed by atoms with E-state index in [1.807, 2.05) is 36.4 Å². The van der Waals surface area contributed by atoms with Crippen LogP contribution in [-0.2, 0) is 5.41 Å². The second kappa shape index (κ2) is 14.5. The van der Waals surface area contributed by atoms with E-state index in [0.717, 1.165) is 66.7 Å². The second-order valence-electron chi connectivity index (χ2n) is 16.0. The number of para-hydroxylation sites is 1. The van der Waals surface area contributed by atoms with Gasteiger partial charge >= 0.3 is 0 Å². The minimum atomic E-state index is -0.456. The number of nitrogens with zero attached hydrogens (tertiary/aromatic N) is 2. The summed E-state index contributed by atoms with van der Waals surface area (Å²) in [4.78, 5) is 10.5. The van der Waals surface area contributed by atoms with Gasteiger partial charge in [0.05, 0.1) is 16.8 Å². The maximum absolute atomic E-state index is 6.32. The van der Waals surface area contributed by atoms with Crippen molar-refractivity contribution in [3.8, 4) is 67.3 Å². The Kier molecular flexibility index (Phi) is 8.39. The summed E-state index contributed by atoms with van der Waals surface area (Å²) in [6.07, 6.45) is 0.